The van der Waals surface area contributed by atoms with Crippen LogP contribution in [-0.4, -0.2) is 10.2 Å². The SMILES string of the molecule is CC(C)c1ccc(-c2cc(CS)c(=O)[nH]n2)cc1. The highest BCUT2D eigenvalue weighted by Crippen LogP contribution is 2.20. The number of nitrogens with zero attached hydrogens (tertiary/aromatic N) is 1. The van der Waals surface area contributed by atoms with Crippen molar-refractivity contribution in [1.29, 1.82) is 0 Å². The second kappa shape index (κ2) is 5.40. The molecule has 0 atom stereocenters. The van der Waals surface area contributed by atoms with Gasteiger partial charge in [0.25, 0.3) is 5.56 Å². The van der Waals surface area contributed by atoms with E-state index in [1.165, 1.54) is 5.56 Å². The number of rotatable bonds is 3. The van der Waals surface area contributed by atoms with Crippen LogP contribution in [0.15, 0.2) is 35.1 Å². The van der Waals surface area contributed by atoms with Gasteiger partial charge in [-0.1, -0.05) is 38.1 Å². The molecule has 0 aliphatic heterocycles. The molecule has 0 radical (unpaired) electrons. The Morgan fingerprint density at radius 1 is 1.28 bits per heavy atom. The Morgan fingerprint density at radius 3 is 2.50 bits per heavy atom. The fraction of sp³-hybridized carbons (Fsp3) is 0.286. The van der Waals surface area contributed by atoms with Gasteiger partial charge >= 0.3 is 0 Å². The van der Waals surface area contributed by atoms with E-state index >= 15 is 0 Å². The molecule has 0 bridgehead atoms. The topological polar surface area (TPSA) is 45.8 Å². The minimum absolute atomic E-state index is 0.174. The molecule has 0 saturated heterocycles. The van der Waals surface area contributed by atoms with Gasteiger partial charge in [-0.25, -0.2) is 5.10 Å². The molecule has 0 aliphatic carbocycles. The molecule has 1 N–H and O–H groups in total. The van der Waals surface area contributed by atoms with Gasteiger partial charge in [-0.3, -0.25) is 4.79 Å². The lowest BCUT2D eigenvalue weighted by molar-refractivity contribution is 0.866. The van der Waals surface area contributed by atoms with Crippen LogP contribution in [0.4, 0.5) is 0 Å². The number of H-pyrrole nitrogens is 1. The summed E-state index contributed by atoms with van der Waals surface area (Å²) in [6.45, 7) is 4.32. The molecule has 0 aliphatic rings. The molecular weight excluding hydrogens is 244 g/mol. The zero-order valence-corrected chi connectivity index (χ0v) is 11.4. The molecular formula is C14H16N2OS. The van der Waals surface area contributed by atoms with E-state index in [4.69, 9.17) is 0 Å². The van der Waals surface area contributed by atoms with Gasteiger partial charge in [0.15, 0.2) is 0 Å². The lowest BCUT2D eigenvalue weighted by Gasteiger charge is -2.07. The van der Waals surface area contributed by atoms with Crippen molar-refractivity contribution < 1.29 is 0 Å². The average Bonchev–Trinajstić information content (AvgIpc) is 2.39. The van der Waals surface area contributed by atoms with Crippen molar-refractivity contribution in [2.45, 2.75) is 25.5 Å². The number of hydrogen-bond acceptors (Lipinski definition) is 3. The van der Waals surface area contributed by atoms with Gasteiger partial charge in [0.1, 0.15) is 0 Å². The fourth-order valence-corrected chi connectivity index (χ4v) is 1.98. The molecule has 0 saturated carbocycles. The summed E-state index contributed by atoms with van der Waals surface area (Å²) in [5, 5.41) is 6.56. The van der Waals surface area contributed by atoms with Gasteiger partial charge in [0, 0.05) is 16.9 Å². The Hall–Kier alpha value is -1.55. The summed E-state index contributed by atoms with van der Waals surface area (Å²) in [7, 11) is 0. The average molecular weight is 260 g/mol. The zero-order chi connectivity index (χ0) is 13.1. The standard InChI is InChI=1S/C14H16N2OS/c1-9(2)10-3-5-11(6-4-10)13-7-12(8-18)14(17)16-15-13/h3-7,9,18H,8H2,1-2H3,(H,16,17). The maximum Gasteiger partial charge on any atom is 0.268 e. The van der Waals surface area contributed by atoms with Crippen LogP contribution in [0.3, 0.4) is 0 Å². The smallest absolute Gasteiger partial charge is 0.268 e. The minimum Gasteiger partial charge on any atom is -0.268 e. The molecule has 0 unspecified atom stereocenters. The number of benzene rings is 1. The number of aromatic amines is 1. The zero-order valence-electron chi connectivity index (χ0n) is 10.5. The highest BCUT2D eigenvalue weighted by Gasteiger charge is 2.05. The van der Waals surface area contributed by atoms with Crippen molar-refractivity contribution in [1.82, 2.24) is 10.2 Å². The molecule has 2 aromatic rings. The maximum atomic E-state index is 11.4. The van der Waals surface area contributed by atoms with Gasteiger partial charge in [0.2, 0.25) is 0 Å². The van der Waals surface area contributed by atoms with Crippen LogP contribution in [-0.2, 0) is 5.75 Å². The van der Waals surface area contributed by atoms with Crippen molar-refractivity contribution in [2.75, 3.05) is 0 Å². The molecule has 0 spiro atoms. The molecule has 1 aromatic heterocycles. The molecule has 18 heavy (non-hydrogen) atoms. The third-order valence-corrected chi connectivity index (χ3v) is 3.26. The Kier molecular flexibility index (Phi) is 3.87. The monoisotopic (exact) mass is 260 g/mol. The van der Waals surface area contributed by atoms with E-state index in [0.717, 1.165) is 11.3 Å². The summed E-state index contributed by atoms with van der Waals surface area (Å²) in [6, 6.07) is 10.0. The first-order valence-corrected chi connectivity index (χ1v) is 6.55. The summed E-state index contributed by atoms with van der Waals surface area (Å²) < 4.78 is 0. The van der Waals surface area contributed by atoms with E-state index in [-0.39, 0.29) is 5.56 Å². The van der Waals surface area contributed by atoms with Crippen molar-refractivity contribution in [2.24, 2.45) is 0 Å². The first-order chi connectivity index (χ1) is 8.61. The Bertz CT molecular complexity index is 587. The van der Waals surface area contributed by atoms with E-state index in [1.807, 2.05) is 12.1 Å². The number of hydrogen-bond donors (Lipinski definition) is 2. The first kappa shape index (κ1) is 12.9. The van der Waals surface area contributed by atoms with Crippen LogP contribution < -0.4 is 5.56 Å². The number of nitrogens with one attached hydrogen (secondary N) is 1. The summed E-state index contributed by atoms with van der Waals surface area (Å²) >= 11 is 4.13. The Balaban J connectivity index is 2.39. The predicted octanol–water partition coefficient (Wildman–Crippen LogP) is 2.99. The van der Waals surface area contributed by atoms with Gasteiger partial charge in [0.05, 0.1) is 5.69 Å². The van der Waals surface area contributed by atoms with Crippen LogP contribution in [0, 0.1) is 0 Å². The minimum atomic E-state index is -0.174. The first-order valence-electron chi connectivity index (χ1n) is 5.91. The van der Waals surface area contributed by atoms with E-state index in [1.54, 1.807) is 6.07 Å². The molecule has 94 valence electrons. The van der Waals surface area contributed by atoms with E-state index in [0.29, 0.717) is 17.2 Å². The van der Waals surface area contributed by atoms with Crippen LogP contribution >= 0.6 is 12.6 Å². The summed E-state index contributed by atoms with van der Waals surface area (Å²) in [5.74, 6) is 0.921. The van der Waals surface area contributed by atoms with Crippen molar-refractivity contribution >= 4 is 12.6 Å². The largest absolute Gasteiger partial charge is 0.268 e. The Labute approximate surface area is 112 Å². The van der Waals surface area contributed by atoms with E-state index in [2.05, 4.69) is 48.8 Å². The molecule has 1 heterocycles. The summed E-state index contributed by atoms with van der Waals surface area (Å²) in [4.78, 5) is 11.4. The normalized spacial score (nSPS) is 10.9. The van der Waals surface area contributed by atoms with E-state index < -0.39 is 0 Å². The third kappa shape index (κ3) is 2.64. The lowest BCUT2D eigenvalue weighted by atomic mass is 10.0. The number of thiol groups is 1. The van der Waals surface area contributed by atoms with Gasteiger partial charge in [-0.15, -0.1) is 0 Å². The summed E-state index contributed by atoms with van der Waals surface area (Å²) in [5.41, 5.74) is 3.52. The molecule has 0 fully saturated rings. The van der Waals surface area contributed by atoms with Crippen LogP contribution in [0.25, 0.3) is 11.3 Å². The lowest BCUT2D eigenvalue weighted by Crippen LogP contribution is -2.13. The van der Waals surface area contributed by atoms with Crippen molar-refractivity contribution in [3.8, 4) is 11.3 Å². The van der Waals surface area contributed by atoms with Crippen molar-refractivity contribution in [3.63, 3.8) is 0 Å². The van der Waals surface area contributed by atoms with Crippen LogP contribution in [0.5, 0.6) is 0 Å². The molecule has 4 heteroatoms. The van der Waals surface area contributed by atoms with Gasteiger partial charge in [-0.2, -0.15) is 17.7 Å². The number of aromatic nitrogens is 2. The second-order valence-electron chi connectivity index (χ2n) is 4.54. The Morgan fingerprint density at radius 2 is 1.94 bits per heavy atom. The highest BCUT2D eigenvalue weighted by atomic mass is 32.1. The quantitative estimate of drug-likeness (QED) is 0.833. The highest BCUT2D eigenvalue weighted by molar-refractivity contribution is 7.79. The van der Waals surface area contributed by atoms with Crippen LogP contribution in [0.2, 0.25) is 0 Å². The third-order valence-electron chi connectivity index (χ3n) is 2.92. The fourth-order valence-electron chi connectivity index (χ4n) is 1.75. The van der Waals surface area contributed by atoms with Gasteiger partial charge < -0.3 is 0 Å². The maximum absolute atomic E-state index is 11.4. The van der Waals surface area contributed by atoms with E-state index in [9.17, 15) is 4.79 Å². The molecule has 0 amide bonds. The summed E-state index contributed by atoms with van der Waals surface area (Å²) in [6.07, 6.45) is 0. The second-order valence-corrected chi connectivity index (χ2v) is 4.86. The molecule has 2 rings (SSSR count). The van der Waals surface area contributed by atoms with Gasteiger partial charge in [-0.05, 0) is 17.5 Å². The predicted molar refractivity (Wildman–Crippen MR) is 77.1 cm³/mol. The molecule has 3 nitrogen and oxygen atoms in total. The molecule has 1 aromatic carbocycles. The van der Waals surface area contributed by atoms with Crippen molar-refractivity contribution in [3.05, 3.63) is 51.8 Å². The van der Waals surface area contributed by atoms with Crippen LogP contribution in [0.1, 0.15) is 30.9 Å².